The maximum Gasteiger partial charge on any atom is 0.243 e. The lowest BCUT2D eigenvalue weighted by Gasteiger charge is -2.05. The third-order valence-corrected chi connectivity index (χ3v) is 2.86. The zero-order valence-electron chi connectivity index (χ0n) is 10.1. The first-order valence-corrected chi connectivity index (χ1v) is 6.01. The Bertz CT molecular complexity index is 336. The van der Waals surface area contributed by atoms with Crippen LogP contribution >= 0.6 is 0 Å². The smallest absolute Gasteiger partial charge is 0.243 e. The monoisotopic (exact) mass is 241 g/mol. The van der Waals surface area contributed by atoms with E-state index in [1.807, 2.05) is 0 Å². The number of hydrogen-bond donors (Lipinski definition) is 1. The molecule has 2 heterocycles. The van der Waals surface area contributed by atoms with Crippen LogP contribution in [0.25, 0.3) is 0 Å². The van der Waals surface area contributed by atoms with Gasteiger partial charge in [0.1, 0.15) is 6.10 Å². The molecular weight excluding hydrogens is 222 g/mol. The molecule has 2 N–H and O–H groups in total. The maximum atomic E-state index is 5.96. The van der Waals surface area contributed by atoms with Gasteiger partial charge in [-0.05, 0) is 25.7 Å². The molecule has 0 saturated carbocycles. The van der Waals surface area contributed by atoms with Crippen LogP contribution in [0.15, 0.2) is 4.52 Å². The first kappa shape index (κ1) is 12.5. The molecule has 2 rings (SSSR count). The lowest BCUT2D eigenvalue weighted by atomic mass is 10.2. The Labute approximate surface area is 100 Å². The largest absolute Gasteiger partial charge is 0.385 e. The number of aromatic nitrogens is 2. The molecule has 1 aromatic rings. The molecule has 1 aliphatic heterocycles. The Morgan fingerprint density at radius 1 is 1.59 bits per heavy atom. The number of rotatable bonds is 6. The summed E-state index contributed by atoms with van der Waals surface area (Å²) in [6.07, 6.45) is 3.65. The molecular formula is C11H19N3O3. The Hall–Kier alpha value is -0.980. The molecule has 6 heteroatoms. The number of hydrogen-bond acceptors (Lipinski definition) is 6. The Balaban J connectivity index is 1.88. The number of ether oxygens (including phenoxy) is 2. The highest BCUT2D eigenvalue weighted by molar-refractivity contribution is 4.96. The van der Waals surface area contributed by atoms with Crippen molar-refractivity contribution in [3.63, 3.8) is 0 Å². The van der Waals surface area contributed by atoms with Crippen LogP contribution in [0.1, 0.15) is 49.5 Å². The fraction of sp³-hybridized carbons (Fsp3) is 0.818. The topological polar surface area (TPSA) is 83.4 Å². The zero-order chi connectivity index (χ0) is 12.1. The fourth-order valence-corrected chi connectivity index (χ4v) is 1.88. The van der Waals surface area contributed by atoms with E-state index in [1.54, 1.807) is 7.11 Å². The van der Waals surface area contributed by atoms with Gasteiger partial charge in [-0.25, -0.2) is 0 Å². The maximum absolute atomic E-state index is 5.96. The van der Waals surface area contributed by atoms with Crippen molar-refractivity contribution in [2.75, 3.05) is 20.3 Å². The normalized spacial score (nSPS) is 21.9. The second-order valence-corrected chi connectivity index (χ2v) is 4.23. The van der Waals surface area contributed by atoms with Gasteiger partial charge in [-0.2, -0.15) is 4.98 Å². The van der Waals surface area contributed by atoms with Crippen LogP contribution in [0.2, 0.25) is 0 Å². The molecule has 2 atom stereocenters. The minimum atomic E-state index is -0.215. The predicted octanol–water partition coefficient (Wildman–Crippen LogP) is 1.35. The average Bonchev–Trinajstić information content (AvgIpc) is 3.00. The third kappa shape index (κ3) is 3.24. The van der Waals surface area contributed by atoms with Gasteiger partial charge in [0, 0.05) is 20.3 Å². The molecule has 17 heavy (non-hydrogen) atoms. The summed E-state index contributed by atoms with van der Waals surface area (Å²) >= 11 is 0. The number of nitrogens with two attached hydrogens (primary N) is 1. The van der Waals surface area contributed by atoms with E-state index < -0.39 is 0 Å². The Kier molecular flexibility index (Phi) is 4.47. The summed E-state index contributed by atoms with van der Waals surface area (Å²) in [7, 11) is 1.67. The minimum Gasteiger partial charge on any atom is -0.385 e. The van der Waals surface area contributed by atoms with Crippen LogP contribution in [-0.2, 0) is 9.47 Å². The molecule has 96 valence electrons. The van der Waals surface area contributed by atoms with Gasteiger partial charge in [0.25, 0.3) is 0 Å². The standard InChI is InChI=1S/C11H19N3O3/c1-15-6-2-4-8(12)11-13-10(14-17-11)9-5-3-7-16-9/h8-9H,2-7,12H2,1H3. The van der Waals surface area contributed by atoms with E-state index in [0.717, 1.165) is 32.3 Å². The van der Waals surface area contributed by atoms with Crippen LogP contribution in [0, 0.1) is 0 Å². The molecule has 0 amide bonds. The first-order valence-electron chi connectivity index (χ1n) is 6.01. The van der Waals surface area contributed by atoms with Crippen molar-refractivity contribution in [2.24, 2.45) is 5.73 Å². The van der Waals surface area contributed by atoms with Gasteiger partial charge in [-0.15, -0.1) is 0 Å². The highest BCUT2D eigenvalue weighted by Gasteiger charge is 2.24. The van der Waals surface area contributed by atoms with Crippen LogP contribution < -0.4 is 5.73 Å². The lowest BCUT2D eigenvalue weighted by molar-refractivity contribution is 0.103. The molecule has 0 bridgehead atoms. The van der Waals surface area contributed by atoms with E-state index in [1.165, 1.54) is 0 Å². The van der Waals surface area contributed by atoms with Crippen molar-refractivity contribution < 1.29 is 14.0 Å². The average molecular weight is 241 g/mol. The van der Waals surface area contributed by atoms with Gasteiger partial charge in [0.15, 0.2) is 0 Å². The summed E-state index contributed by atoms with van der Waals surface area (Å²) in [6.45, 7) is 1.47. The summed E-state index contributed by atoms with van der Waals surface area (Å²) in [6, 6.07) is -0.215. The van der Waals surface area contributed by atoms with Gasteiger partial charge in [0.2, 0.25) is 11.7 Å². The van der Waals surface area contributed by atoms with E-state index in [2.05, 4.69) is 10.1 Å². The van der Waals surface area contributed by atoms with Crippen molar-refractivity contribution in [1.82, 2.24) is 10.1 Å². The molecule has 1 aromatic heterocycles. The quantitative estimate of drug-likeness (QED) is 0.757. The van der Waals surface area contributed by atoms with Crippen molar-refractivity contribution in [3.05, 3.63) is 11.7 Å². The molecule has 0 spiro atoms. The van der Waals surface area contributed by atoms with E-state index in [0.29, 0.717) is 18.3 Å². The molecule has 1 saturated heterocycles. The number of nitrogens with zero attached hydrogens (tertiary/aromatic N) is 2. The molecule has 6 nitrogen and oxygen atoms in total. The predicted molar refractivity (Wildman–Crippen MR) is 60.3 cm³/mol. The summed E-state index contributed by atoms with van der Waals surface area (Å²) in [4.78, 5) is 4.30. The molecule has 0 aliphatic carbocycles. The van der Waals surface area contributed by atoms with Gasteiger partial charge in [0.05, 0.1) is 6.04 Å². The summed E-state index contributed by atoms with van der Waals surface area (Å²) in [5.74, 6) is 1.12. The van der Waals surface area contributed by atoms with E-state index >= 15 is 0 Å². The van der Waals surface area contributed by atoms with E-state index in [4.69, 9.17) is 19.7 Å². The van der Waals surface area contributed by atoms with Crippen molar-refractivity contribution in [2.45, 2.75) is 37.8 Å². The van der Waals surface area contributed by atoms with Crippen molar-refractivity contribution >= 4 is 0 Å². The highest BCUT2D eigenvalue weighted by atomic mass is 16.5. The van der Waals surface area contributed by atoms with Gasteiger partial charge < -0.3 is 19.7 Å². The fourth-order valence-electron chi connectivity index (χ4n) is 1.88. The lowest BCUT2D eigenvalue weighted by Crippen LogP contribution is -2.12. The molecule has 0 aromatic carbocycles. The zero-order valence-corrected chi connectivity index (χ0v) is 10.1. The second kappa shape index (κ2) is 6.09. The second-order valence-electron chi connectivity index (χ2n) is 4.23. The van der Waals surface area contributed by atoms with Crippen LogP contribution in [0.5, 0.6) is 0 Å². The van der Waals surface area contributed by atoms with Crippen molar-refractivity contribution in [1.29, 1.82) is 0 Å². The van der Waals surface area contributed by atoms with Crippen LogP contribution in [-0.4, -0.2) is 30.5 Å². The summed E-state index contributed by atoms with van der Waals surface area (Å²) in [5, 5.41) is 3.93. The van der Waals surface area contributed by atoms with Gasteiger partial charge in [-0.1, -0.05) is 5.16 Å². The summed E-state index contributed by atoms with van der Waals surface area (Å²) < 4.78 is 15.6. The Morgan fingerprint density at radius 2 is 2.47 bits per heavy atom. The molecule has 2 unspecified atom stereocenters. The first-order chi connectivity index (χ1) is 8.31. The number of methoxy groups -OCH3 is 1. The SMILES string of the molecule is COCCCC(N)c1nc(C2CCCO2)no1. The van der Waals surface area contributed by atoms with Crippen LogP contribution in [0.4, 0.5) is 0 Å². The van der Waals surface area contributed by atoms with Gasteiger partial charge in [-0.3, -0.25) is 0 Å². The molecule has 1 fully saturated rings. The molecule has 0 radical (unpaired) electrons. The van der Waals surface area contributed by atoms with Crippen LogP contribution in [0.3, 0.4) is 0 Å². The third-order valence-electron chi connectivity index (χ3n) is 2.86. The Morgan fingerprint density at radius 3 is 3.18 bits per heavy atom. The molecule has 1 aliphatic rings. The highest BCUT2D eigenvalue weighted by Crippen LogP contribution is 2.27. The summed E-state index contributed by atoms with van der Waals surface area (Å²) in [5.41, 5.74) is 5.96. The van der Waals surface area contributed by atoms with Crippen molar-refractivity contribution in [3.8, 4) is 0 Å². The van der Waals surface area contributed by atoms with E-state index in [-0.39, 0.29) is 12.1 Å². The van der Waals surface area contributed by atoms with E-state index in [9.17, 15) is 0 Å². The van der Waals surface area contributed by atoms with Gasteiger partial charge >= 0.3 is 0 Å². The minimum absolute atomic E-state index is 0.0151.